The van der Waals surface area contributed by atoms with E-state index in [0.717, 1.165) is 32.0 Å². The number of likely N-dealkylation sites (tertiary alicyclic amines) is 1. The van der Waals surface area contributed by atoms with Crippen molar-refractivity contribution in [1.82, 2.24) is 4.90 Å². The molecule has 2 N–H and O–H groups in total. The standard InChI is InChI=1S/C17H32N2O2/c1-17(2,3)14-6-5-12(10-18)15(9-14)19-8-7-13(11-19)16(20)21-4/h12-15H,5-11,18H2,1-4H3. The van der Waals surface area contributed by atoms with E-state index in [0.29, 0.717) is 17.4 Å². The number of rotatable bonds is 3. The lowest BCUT2D eigenvalue weighted by Gasteiger charge is -2.45. The van der Waals surface area contributed by atoms with Gasteiger partial charge in [0.15, 0.2) is 0 Å². The number of esters is 1. The predicted octanol–water partition coefficient (Wildman–Crippen LogP) is 2.27. The Kier molecular flexibility index (Phi) is 5.31. The zero-order chi connectivity index (χ0) is 15.6. The number of nitrogens with zero attached hydrogens (tertiary/aromatic N) is 1. The molecule has 2 rings (SSSR count). The van der Waals surface area contributed by atoms with E-state index in [9.17, 15) is 4.79 Å². The van der Waals surface area contributed by atoms with Gasteiger partial charge >= 0.3 is 5.97 Å². The van der Waals surface area contributed by atoms with Gasteiger partial charge in [-0.1, -0.05) is 20.8 Å². The van der Waals surface area contributed by atoms with Crippen molar-refractivity contribution < 1.29 is 9.53 Å². The molecule has 122 valence electrons. The Morgan fingerprint density at radius 3 is 2.57 bits per heavy atom. The molecule has 2 fully saturated rings. The molecule has 4 nitrogen and oxygen atoms in total. The molecule has 2 aliphatic rings. The van der Waals surface area contributed by atoms with Crippen LogP contribution in [-0.2, 0) is 9.53 Å². The SMILES string of the molecule is COC(=O)C1CCN(C2CC(C(C)(C)C)CCC2CN)C1. The molecule has 1 saturated carbocycles. The van der Waals surface area contributed by atoms with Crippen molar-refractivity contribution in [3.8, 4) is 0 Å². The molecule has 1 saturated heterocycles. The van der Waals surface area contributed by atoms with Crippen LogP contribution in [-0.4, -0.2) is 43.7 Å². The third-order valence-corrected chi connectivity index (χ3v) is 5.71. The number of nitrogens with two attached hydrogens (primary N) is 1. The van der Waals surface area contributed by atoms with Crippen LogP contribution >= 0.6 is 0 Å². The van der Waals surface area contributed by atoms with Crippen LogP contribution in [0.25, 0.3) is 0 Å². The van der Waals surface area contributed by atoms with E-state index >= 15 is 0 Å². The molecule has 4 atom stereocenters. The van der Waals surface area contributed by atoms with Gasteiger partial charge in [-0.15, -0.1) is 0 Å². The Labute approximate surface area is 129 Å². The second-order valence-electron chi connectivity index (χ2n) is 7.94. The predicted molar refractivity (Wildman–Crippen MR) is 84.8 cm³/mol. The minimum atomic E-state index is -0.0509. The summed E-state index contributed by atoms with van der Waals surface area (Å²) in [4.78, 5) is 14.3. The highest BCUT2D eigenvalue weighted by Gasteiger charge is 2.41. The highest BCUT2D eigenvalue weighted by molar-refractivity contribution is 5.72. The first-order chi connectivity index (χ1) is 9.86. The van der Waals surface area contributed by atoms with Crippen LogP contribution in [0.3, 0.4) is 0 Å². The van der Waals surface area contributed by atoms with Gasteiger partial charge in [-0.05, 0) is 56.0 Å². The lowest BCUT2D eigenvalue weighted by atomic mass is 9.67. The van der Waals surface area contributed by atoms with E-state index in [1.165, 1.54) is 26.4 Å². The van der Waals surface area contributed by atoms with E-state index in [4.69, 9.17) is 10.5 Å². The summed E-state index contributed by atoms with van der Waals surface area (Å²) in [6.07, 6.45) is 4.67. The number of hydrogen-bond acceptors (Lipinski definition) is 4. The van der Waals surface area contributed by atoms with Crippen molar-refractivity contribution in [3.05, 3.63) is 0 Å². The lowest BCUT2D eigenvalue weighted by Crippen LogP contribution is -2.48. The fraction of sp³-hybridized carbons (Fsp3) is 0.941. The molecule has 0 aromatic carbocycles. The minimum Gasteiger partial charge on any atom is -0.469 e. The summed E-state index contributed by atoms with van der Waals surface area (Å²) >= 11 is 0. The lowest BCUT2D eigenvalue weighted by molar-refractivity contribution is -0.145. The molecule has 4 unspecified atom stereocenters. The summed E-state index contributed by atoms with van der Waals surface area (Å²) in [6, 6.07) is 0.544. The molecule has 0 amide bonds. The maximum Gasteiger partial charge on any atom is 0.310 e. The number of carbonyl (C=O) groups excluding carboxylic acids is 1. The first-order valence-electron chi connectivity index (χ1n) is 8.38. The third kappa shape index (κ3) is 3.78. The Morgan fingerprint density at radius 1 is 1.29 bits per heavy atom. The second-order valence-corrected chi connectivity index (χ2v) is 7.94. The quantitative estimate of drug-likeness (QED) is 0.812. The van der Waals surface area contributed by atoms with E-state index in [1.54, 1.807) is 0 Å². The summed E-state index contributed by atoms with van der Waals surface area (Å²) in [5, 5.41) is 0. The van der Waals surface area contributed by atoms with Gasteiger partial charge in [-0.25, -0.2) is 0 Å². The highest BCUT2D eigenvalue weighted by Crippen LogP contribution is 2.42. The van der Waals surface area contributed by atoms with E-state index in [2.05, 4.69) is 25.7 Å². The minimum absolute atomic E-state index is 0.0509. The van der Waals surface area contributed by atoms with E-state index < -0.39 is 0 Å². The van der Waals surface area contributed by atoms with Crippen molar-refractivity contribution in [3.63, 3.8) is 0 Å². The highest BCUT2D eigenvalue weighted by atomic mass is 16.5. The van der Waals surface area contributed by atoms with Crippen LogP contribution in [0.2, 0.25) is 0 Å². The molecule has 1 heterocycles. The molecule has 0 spiro atoms. The van der Waals surface area contributed by atoms with Crippen molar-refractivity contribution >= 4 is 5.97 Å². The molecule has 4 heteroatoms. The number of carbonyl (C=O) groups is 1. The topological polar surface area (TPSA) is 55.6 Å². The maximum absolute atomic E-state index is 11.7. The molecule has 1 aliphatic carbocycles. The summed E-state index contributed by atoms with van der Waals surface area (Å²) in [5.74, 6) is 1.34. The van der Waals surface area contributed by atoms with Crippen LogP contribution in [0.15, 0.2) is 0 Å². The number of methoxy groups -OCH3 is 1. The van der Waals surface area contributed by atoms with Crippen LogP contribution in [0.4, 0.5) is 0 Å². The monoisotopic (exact) mass is 296 g/mol. The summed E-state index contributed by atoms with van der Waals surface area (Å²) < 4.78 is 4.91. The Hall–Kier alpha value is -0.610. The van der Waals surface area contributed by atoms with Crippen LogP contribution in [0, 0.1) is 23.2 Å². The molecular formula is C17H32N2O2. The van der Waals surface area contributed by atoms with Crippen molar-refractivity contribution in [2.75, 3.05) is 26.7 Å². The van der Waals surface area contributed by atoms with Gasteiger partial charge in [-0.3, -0.25) is 9.69 Å². The van der Waals surface area contributed by atoms with Gasteiger partial charge in [0.25, 0.3) is 0 Å². The molecule has 0 radical (unpaired) electrons. The van der Waals surface area contributed by atoms with Gasteiger partial charge in [0, 0.05) is 12.6 Å². The zero-order valence-corrected chi connectivity index (χ0v) is 14.1. The first kappa shape index (κ1) is 16.8. The fourth-order valence-electron chi connectivity index (χ4n) is 4.17. The van der Waals surface area contributed by atoms with Crippen LogP contribution in [0.1, 0.15) is 46.5 Å². The maximum atomic E-state index is 11.7. The van der Waals surface area contributed by atoms with Gasteiger partial charge < -0.3 is 10.5 Å². The van der Waals surface area contributed by atoms with Gasteiger partial charge in [0.2, 0.25) is 0 Å². The van der Waals surface area contributed by atoms with Crippen molar-refractivity contribution in [1.29, 1.82) is 0 Å². The van der Waals surface area contributed by atoms with Crippen LogP contribution < -0.4 is 5.73 Å². The van der Waals surface area contributed by atoms with Gasteiger partial charge in [0.1, 0.15) is 0 Å². The number of ether oxygens (including phenoxy) is 1. The normalized spacial score (nSPS) is 34.9. The molecule has 0 aromatic rings. The van der Waals surface area contributed by atoms with Gasteiger partial charge in [-0.2, -0.15) is 0 Å². The summed E-state index contributed by atoms with van der Waals surface area (Å²) in [5.41, 5.74) is 6.38. The van der Waals surface area contributed by atoms with Crippen molar-refractivity contribution in [2.24, 2.45) is 28.9 Å². The third-order valence-electron chi connectivity index (χ3n) is 5.71. The molecule has 0 bridgehead atoms. The van der Waals surface area contributed by atoms with E-state index in [-0.39, 0.29) is 11.9 Å². The molecule has 21 heavy (non-hydrogen) atoms. The first-order valence-corrected chi connectivity index (χ1v) is 8.38. The van der Waals surface area contributed by atoms with Gasteiger partial charge in [0.05, 0.1) is 13.0 Å². The summed E-state index contributed by atoms with van der Waals surface area (Å²) in [7, 11) is 1.49. The Morgan fingerprint density at radius 2 is 2.00 bits per heavy atom. The largest absolute Gasteiger partial charge is 0.469 e. The molecular weight excluding hydrogens is 264 g/mol. The fourth-order valence-corrected chi connectivity index (χ4v) is 4.17. The average Bonchev–Trinajstić information content (AvgIpc) is 2.94. The average molecular weight is 296 g/mol. The molecule has 0 aromatic heterocycles. The molecule has 1 aliphatic heterocycles. The summed E-state index contributed by atoms with van der Waals surface area (Å²) in [6.45, 7) is 9.67. The van der Waals surface area contributed by atoms with Crippen LogP contribution in [0.5, 0.6) is 0 Å². The zero-order valence-electron chi connectivity index (χ0n) is 14.1. The number of hydrogen-bond donors (Lipinski definition) is 1. The Bertz CT molecular complexity index is 364. The smallest absolute Gasteiger partial charge is 0.310 e. The van der Waals surface area contributed by atoms with Crippen molar-refractivity contribution in [2.45, 2.75) is 52.5 Å². The Balaban J connectivity index is 2.03. The second kappa shape index (κ2) is 6.66. The van der Waals surface area contributed by atoms with E-state index in [1.807, 2.05) is 0 Å².